The third-order valence-electron chi connectivity index (χ3n) is 1.59. The van der Waals surface area contributed by atoms with Crippen molar-refractivity contribution in [3.63, 3.8) is 0 Å². The van der Waals surface area contributed by atoms with Gasteiger partial charge in [-0.25, -0.2) is 0 Å². The van der Waals surface area contributed by atoms with Crippen molar-refractivity contribution in [3.8, 4) is 0 Å². The Bertz CT molecular complexity index is 198. The molecule has 0 aliphatic rings. The van der Waals surface area contributed by atoms with Crippen LogP contribution in [0.4, 0.5) is 0 Å². The predicted molar refractivity (Wildman–Crippen MR) is 49.5 cm³/mol. The molecule has 1 radical (unpaired) electrons. The van der Waals surface area contributed by atoms with Gasteiger partial charge in [0, 0.05) is 26.1 Å². The molecule has 1 rings (SSSR count). The Balaban J connectivity index is 2.16. The number of rotatable bonds is 5. The van der Waals surface area contributed by atoms with Crippen molar-refractivity contribution in [3.05, 3.63) is 42.3 Å². The Labute approximate surface area is 73.2 Å². The molecule has 0 aromatic heterocycles. The van der Waals surface area contributed by atoms with E-state index in [1.807, 2.05) is 18.2 Å². The minimum absolute atomic E-state index is 0.141. The van der Waals surface area contributed by atoms with Crippen LogP contribution in [0.3, 0.4) is 0 Å². The third-order valence-corrected chi connectivity index (χ3v) is 1.59. The summed E-state index contributed by atoms with van der Waals surface area (Å²) in [5.74, 6) is 0. The molecule has 0 unspecified atom stereocenters. The molecule has 2 N–H and O–H groups in total. The first-order chi connectivity index (χ1) is 5.93. The van der Waals surface area contributed by atoms with Crippen molar-refractivity contribution < 1.29 is 5.11 Å². The smallest absolute Gasteiger partial charge is 0.0475 e. The second-order valence-electron chi connectivity index (χ2n) is 2.59. The van der Waals surface area contributed by atoms with Gasteiger partial charge in [-0.2, -0.15) is 0 Å². The molecule has 12 heavy (non-hydrogen) atoms. The Morgan fingerprint density at radius 3 is 2.67 bits per heavy atom. The molecule has 0 spiro atoms. The minimum Gasteiger partial charge on any atom is -0.396 e. The fraction of sp³-hybridized carbons (Fsp3) is 0.300. The van der Waals surface area contributed by atoms with Gasteiger partial charge in [-0.1, -0.05) is 30.3 Å². The van der Waals surface area contributed by atoms with Crippen molar-refractivity contribution in [2.24, 2.45) is 0 Å². The summed E-state index contributed by atoms with van der Waals surface area (Å²) in [6.45, 7) is 1.75. The molecule has 1 aromatic rings. The van der Waals surface area contributed by atoms with E-state index in [2.05, 4.69) is 17.4 Å². The van der Waals surface area contributed by atoms with Crippen LogP contribution in [0.2, 0.25) is 0 Å². The molecule has 0 bridgehead atoms. The number of benzene rings is 1. The molecular formula is C10H14NO. The fourth-order valence-electron chi connectivity index (χ4n) is 0.979. The van der Waals surface area contributed by atoms with E-state index in [0.717, 1.165) is 13.1 Å². The Morgan fingerprint density at radius 2 is 2.00 bits per heavy atom. The highest BCUT2D eigenvalue weighted by atomic mass is 16.3. The summed E-state index contributed by atoms with van der Waals surface area (Å²) in [6.07, 6.45) is 1.79. The van der Waals surface area contributed by atoms with Crippen LogP contribution in [0.25, 0.3) is 0 Å². The predicted octanol–water partition coefficient (Wildman–Crippen LogP) is 0.973. The molecule has 0 aliphatic carbocycles. The van der Waals surface area contributed by atoms with Crippen molar-refractivity contribution in [2.45, 2.75) is 6.54 Å². The maximum Gasteiger partial charge on any atom is 0.0475 e. The standard InChI is InChI=1S/C10H14NO/c12-8-4-7-11-9-10-5-2-1-3-6-10/h1-6,11-12H,7-9H2. The van der Waals surface area contributed by atoms with E-state index in [1.54, 1.807) is 6.42 Å². The highest BCUT2D eigenvalue weighted by Gasteiger charge is 1.89. The first kappa shape index (κ1) is 9.23. The fourth-order valence-corrected chi connectivity index (χ4v) is 0.979. The van der Waals surface area contributed by atoms with E-state index in [-0.39, 0.29) is 6.61 Å². The van der Waals surface area contributed by atoms with E-state index < -0.39 is 0 Å². The lowest BCUT2D eigenvalue weighted by Gasteiger charge is -2.02. The highest BCUT2D eigenvalue weighted by Crippen LogP contribution is 1.96. The van der Waals surface area contributed by atoms with E-state index in [4.69, 9.17) is 5.11 Å². The summed E-state index contributed by atoms with van der Waals surface area (Å²) in [6, 6.07) is 10.2. The van der Waals surface area contributed by atoms with Gasteiger partial charge in [0.05, 0.1) is 0 Å². The topological polar surface area (TPSA) is 32.3 Å². The summed E-state index contributed by atoms with van der Waals surface area (Å²) < 4.78 is 0. The maximum atomic E-state index is 8.47. The normalized spacial score (nSPS) is 10.1. The molecule has 0 saturated carbocycles. The lowest BCUT2D eigenvalue weighted by molar-refractivity contribution is 0.324. The third kappa shape index (κ3) is 3.51. The molecule has 65 valence electrons. The SMILES string of the molecule is OC[CH]CNCc1ccccc1. The van der Waals surface area contributed by atoms with Gasteiger partial charge in [0.15, 0.2) is 0 Å². The van der Waals surface area contributed by atoms with Crippen molar-refractivity contribution in [1.29, 1.82) is 0 Å². The second kappa shape index (κ2) is 5.75. The van der Waals surface area contributed by atoms with Crippen LogP contribution < -0.4 is 5.32 Å². The van der Waals surface area contributed by atoms with Crippen molar-refractivity contribution >= 4 is 0 Å². The molecule has 0 fully saturated rings. The summed E-state index contributed by atoms with van der Waals surface area (Å²) in [7, 11) is 0. The van der Waals surface area contributed by atoms with Gasteiger partial charge in [-0.05, 0) is 5.56 Å². The first-order valence-electron chi connectivity index (χ1n) is 4.10. The van der Waals surface area contributed by atoms with Crippen LogP contribution in [0.5, 0.6) is 0 Å². The Morgan fingerprint density at radius 1 is 1.25 bits per heavy atom. The summed E-state index contributed by atoms with van der Waals surface area (Å²) in [4.78, 5) is 0. The monoisotopic (exact) mass is 164 g/mol. The maximum absolute atomic E-state index is 8.47. The zero-order valence-corrected chi connectivity index (χ0v) is 7.03. The summed E-state index contributed by atoms with van der Waals surface area (Å²) in [5.41, 5.74) is 1.27. The lowest BCUT2D eigenvalue weighted by Crippen LogP contribution is -2.15. The van der Waals surface area contributed by atoms with Crippen LogP contribution in [0.1, 0.15) is 5.56 Å². The molecule has 0 heterocycles. The molecule has 2 heteroatoms. The molecule has 0 amide bonds. The number of hydrogen-bond acceptors (Lipinski definition) is 2. The average Bonchev–Trinajstić information content (AvgIpc) is 2.14. The van der Waals surface area contributed by atoms with Crippen molar-refractivity contribution in [1.82, 2.24) is 5.32 Å². The summed E-state index contributed by atoms with van der Waals surface area (Å²) >= 11 is 0. The van der Waals surface area contributed by atoms with Gasteiger partial charge in [0.1, 0.15) is 0 Å². The molecule has 0 aliphatic heterocycles. The average molecular weight is 164 g/mol. The zero-order valence-electron chi connectivity index (χ0n) is 7.03. The van der Waals surface area contributed by atoms with E-state index >= 15 is 0 Å². The Kier molecular flexibility index (Phi) is 4.42. The number of hydrogen-bond donors (Lipinski definition) is 2. The van der Waals surface area contributed by atoms with Gasteiger partial charge >= 0.3 is 0 Å². The molecular weight excluding hydrogens is 150 g/mol. The summed E-state index contributed by atoms with van der Waals surface area (Å²) in [5, 5.41) is 11.7. The van der Waals surface area contributed by atoms with Crippen LogP contribution in [-0.2, 0) is 6.54 Å². The lowest BCUT2D eigenvalue weighted by atomic mass is 10.2. The molecule has 0 atom stereocenters. The van der Waals surface area contributed by atoms with Crippen LogP contribution in [0.15, 0.2) is 30.3 Å². The van der Waals surface area contributed by atoms with Gasteiger partial charge in [0.25, 0.3) is 0 Å². The second-order valence-corrected chi connectivity index (χ2v) is 2.59. The van der Waals surface area contributed by atoms with Gasteiger partial charge in [-0.3, -0.25) is 0 Å². The van der Waals surface area contributed by atoms with Gasteiger partial charge in [0.2, 0.25) is 0 Å². The van der Waals surface area contributed by atoms with E-state index in [1.165, 1.54) is 5.56 Å². The molecule has 1 aromatic carbocycles. The first-order valence-corrected chi connectivity index (χ1v) is 4.10. The number of aliphatic hydroxyl groups excluding tert-OH is 1. The molecule has 2 nitrogen and oxygen atoms in total. The van der Waals surface area contributed by atoms with Gasteiger partial charge in [-0.15, -0.1) is 0 Å². The van der Waals surface area contributed by atoms with Crippen molar-refractivity contribution in [2.75, 3.05) is 13.2 Å². The minimum atomic E-state index is 0.141. The van der Waals surface area contributed by atoms with Gasteiger partial charge < -0.3 is 10.4 Å². The Hall–Kier alpha value is -0.860. The quantitative estimate of drug-likeness (QED) is 0.636. The van der Waals surface area contributed by atoms with E-state index in [0.29, 0.717) is 0 Å². The molecule has 0 saturated heterocycles. The number of aliphatic hydroxyl groups is 1. The highest BCUT2D eigenvalue weighted by molar-refractivity contribution is 5.14. The van der Waals surface area contributed by atoms with Crippen LogP contribution in [-0.4, -0.2) is 18.3 Å². The van der Waals surface area contributed by atoms with Crippen LogP contribution >= 0.6 is 0 Å². The van der Waals surface area contributed by atoms with Crippen LogP contribution in [0, 0.1) is 6.42 Å². The van der Waals surface area contributed by atoms with E-state index in [9.17, 15) is 0 Å². The largest absolute Gasteiger partial charge is 0.396 e. The number of nitrogens with one attached hydrogen (secondary N) is 1. The zero-order chi connectivity index (χ0) is 8.65.